The summed E-state index contributed by atoms with van der Waals surface area (Å²) in [5.41, 5.74) is 0.441. The van der Waals surface area contributed by atoms with E-state index in [0.29, 0.717) is 23.3 Å². The van der Waals surface area contributed by atoms with Gasteiger partial charge in [0.25, 0.3) is 0 Å². The number of para-hydroxylation sites is 1. The average molecular weight is 262 g/mol. The summed E-state index contributed by atoms with van der Waals surface area (Å²) < 4.78 is 26.9. The average Bonchev–Trinajstić information content (AvgIpc) is 2.40. The molecule has 0 heterocycles. The van der Waals surface area contributed by atoms with E-state index in [1.807, 2.05) is 0 Å². The zero-order valence-corrected chi connectivity index (χ0v) is 10.2. The first-order valence-corrected chi connectivity index (χ1v) is 6.35. The lowest BCUT2D eigenvalue weighted by Crippen LogP contribution is -1.90. The van der Waals surface area contributed by atoms with Gasteiger partial charge in [0, 0.05) is 0 Å². The van der Waals surface area contributed by atoms with Crippen LogP contribution < -0.4 is 4.74 Å². The van der Waals surface area contributed by atoms with Crippen molar-refractivity contribution in [2.24, 2.45) is 0 Å². The predicted octanol–water partition coefficient (Wildman–Crippen LogP) is 2.26. The minimum atomic E-state index is -2.59. The third kappa shape index (κ3) is 2.75. The number of rotatable bonds is 4. The van der Waals surface area contributed by atoms with Gasteiger partial charge in [-0.15, -0.1) is 0 Å². The SMILES string of the molecule is O=Cc1ccccc1Oc1ccc([SH](=O)=O)cc1. The molecule has 0 aliphatic carbocycles. The molecule has 0 bridgehead atoms. The van der Waals surface area contributed by atoms with Crippen molar-refractivity contribution in [3.05, 3.63) is 54.1 Å². The van der Waals surface area contributed by atoms with E-state index < -0.39 is 10.7 Å². The van der Waals surface area contributed by atoms with Gasteiger partial charge in [-0.1, -0.05) is 12.1 Å². The Morgan fingerprint density at radius 1 is 0.944 bits per heavy atom. The van der Waals surface area contributed by atoms with Crippen LogP contribution in [0.3, 0.4) is 0 Å². The van der Waals surface area contributed by atoms with Gasteiger partial charge in [-0.25, -0.2) is 8.42 Å². The maximum atomic E-state index is 10.8. The third-order valence-electron chi connectivity index (χ3n) is 2.32. The first-order valence-electron chi connectivity index (χ1n) is 5.17. The number of ether oxygens (including phenoxy) is 1. The first kappa shape index (κ1) is 12.3. The highest BCUT2D eigenvalue weighted by Gasteiger charge is 2.03. The molecule has 0 saturated carbocycles. The van der Waals surface area contributed by atoms with Crippen LogP contribution in [-0.4, -0.2) is 14.7 Å². The van der Waals surface area contributed by atoms with E-state index in [1.54, 1.807) is 36.4 Å². The van der Waals surface area contributed by atoms with Crippen LogP contribution in [0.5, 0.6) is 11.5 Å². The minimum absolute atomic E-state index is 0.223. The van der Waals surface area contributed by atoms with Gasteiger partial charge in [0.2, 0.25) is 0 Å². The molecule has 0 radical (unpaired) electrons. The molecule has 2 aromatic carbocycles. The van der Waals surface area contributed by atoms with Crippen molar-refractivity contribution in [3.63, 3.8) is 0 Å². The Labute approximate surface area is 106 Å². The van der Waals surface area contributed by atoms with E-state index in [-0.39, 0.29) is 4.90 Å². The predicted molar refractivity (Wildman–Crippen MR) is 66.9 cm³/mol. The summed E-state index contributed by atoms with van der Waals surface area (Å²) in [5.74, 6) is 0.914. The summed E-state index contributed by atoms with van der Waals surface area (Å²) in [7, 11) is -2.59. The molecule has 0 unspecified atom stereocenters. The fourth-order valence-corrected chi connectivity index (χ4v) is 1.83. The van der Waals surface area contributed by atoms with Crippen LogP contribution in [0, 0.1) is 0 Å². The van der Waals surface area contributed by atoms with Crippen molar-refractivity contribution in [3.8, 4) is 11.5 Å². The molecule has 2 aromatic rings. The molecule has 92 valence electrons. The number of carbonyl (C=O) groups excluding carboxylic acids is 1. The number of aldehydes is 1. The molecule has 0 saturated heterocycles. The van der Waals surface area contributed by atoms with Gasteiger partial charge in [-0.3, -0.25) is 4.79 Å². The van der Waals surface area contributed by atoms with Gasteiger partial charge in [0.05, 0.1) is 10.5 Å². The van der Waals surface area contributed by atoms with Crippen LogP contribution in [0.15, 0.2) is 53.4 Å². The van der Waals surface area contributed by atoms with Gasteiger partial charge in [0.15, 0.2) is 17.0 Å². The second kappa shape index (κ2) is 5.46. The summed E-state index contributed by atoms with van der Waals surface area (Å²) in [5, 5.41) is 0. The summed E-state index contributed by atoms with van der Waals surface area (Å²) in [4.78, 5) is 11.0. The standard InChI is InChI=1S/C13H10O4S/c14-9-10-3-1-2-4-13(10)17-11-5-7-12(8-6-11)18(15)16/h1-9,18H. The highest BCUT2D eigenvalue weighted by atomic mass is 32.2. The van der Waals surface area contributed by atoms with Gasteiger partial charge < -0.3 is 4.74 Å². The summed E-state index contributed by atoms with van der Waals surface area (Å²) in [6, 6.07) is 12.8. The molecule has 0 amide bonds. The first-order chi connectivity index (χ1) is 8.70. The fraction of sp³-hybridized carbons (Fsp3) is 0. The molecule has 0 spiro atoms. The van der Waals surface area contributed by atoms with Crippen molar-refractivity contribution in [2.45, 2.75) is 4.90 Å². The molecule has 0 atom stereocenters. The van der Waals surface area contributed by atoms with Crippen LogP contribution in [-0.2, 0) is 10.7 Å². The van der Waals surface area contributed by atoms with E-state index >= 15 is 0 Å². The lowest BCUT2D eigenvalue weighted by molar-refractivity contribution is 0.112. The van der Waals surface area contributed by atoms with Crippen molar-refractivity contribution < 1.29 is 17.9 Å². The third-order valence-corrected chi connectivity index (χ3v) is 3.04. The maximum absolute atomic E-state index is 10.8. The zero-order chi connectivity index (χ0) is 13.0. The molecule has 2 rings (SSSR count). The Morgan fingerprint density at radius 2 is 1.61 bits per heavy atom. The van der Waals surface area contributed by atoms with Gasteiger partial charge in [0.1, 0.15) is 11.5 Å². The molecular weight excluding hydrogens is 252 g/mol. The second-order valence-electron chi connectivity index (χ2n) is 3.51. The quantitative estimate of drug-likeness (QED) is 0.678. The number of hydrogen-bond acceptors (Lipinski definition) is 4. The zero-order valence-electron chi connectivity index (χ0n) is 9.28. The monoisotopic (exact) mass is 262 g/mol. The highest BCUT2D eigenvalue weighted by molar-refractivity contribution is 7.72. The highest BCUT2D eigenvalue weighted by Crippen LogP contribution is 2.24. The van der Waals surface area contributed by atoms with E-state index in [1.165, 1.54) is 12.1 Å². The van der Waals surface area contributed by atoms with Crippen LogP contribution >= 0.6 is 0 Å². The molecule has 18 heavy (non-hydrogen) atoms. The Balaban J connectivity index is 2.26. The Bertz CT molecular complexity index is 622. The largest absolute Gasteiger partial charge is 0.457 e. The van der Waals surface area contributed by atoms with Gasteiger partial charge in [-0.05, 0) is 36.4 Å². The number of thiol groups is 1. The molecule has 0 aromatic heterocycles. The van der Waals surface area contributed by atoms with Crippen LogP contribution in [0.25, 0.3) is 0 Å². The normalized spacial score (nSPS) is 10.3. The van der Waals surface area contributed by atoms with Gasteiger partial charge in [-0.2, -0.15) is 0 Å². The van der Waals surface area contributed by atoms with Crippen LogP contribution in [0.2, 0.25) is 0 Å². The van der Waals surface area contributed by atoms with E-state index in [2.05, 4.69) is 0 Å². The smallest absolute Gasteiger partial charge is 0.168 e. The molecule has 0 N–H and O–H groups in total. The van der Waals surface area contributed by atoms with E-state index in [0.717, 1.165) is 0 Å². The molecule has 0 fully saturated rings. The maximum Gasteiger partial charge on any atom is 0.168 e. The topological polar surface area (TPSA) is 60.4 Å². The molecule has 0 aliphatic rings. The number of hydrogen-bond donors (Lipinski definition) is 1. The van der Waals surface area contributed by atoms with Crippen LogP contribution in [0.4, 0.5) is 0 Å². The summed E-state index contributed by atoms with van der Waals surface area (Å²) in [6.45, 7) is 0. The van der Waals surface area contributed by atoms with Crippen molar-refractivity contribution in [1.29, 1.82) is 0 Å². The lowest BCUT2D eigenvalue weighted by Gasteiger charge is -2.07. The fourth-order valence-electron chi connectivity index (χ4n) is 1.43. The Kier molecular flexibility index (Phi) is 3.74. The van der Waals surface area contributed by atoms with E-state index in [9.17, 15) is 13.2 Å². The second-order valence-corrected chi connectivity index (χ2v) is 4.54. The van der Waals surface area contributed by atoms with Crippen molar-refractivity contribution in [1.82, 2.24) is 0 Å². The Hall–Kier alpha value is -2.14. The Morgan fingerprint density at radius 3 is 2.22 bits per heavy atom. The number of carbonyl (C=O) groups is 1. The molecular formula is C13H10O4S. The van der Waals surface area contributed by atoms with E-state index in [4.69, 9.17) is 4.74 Å². The van der Waals surface area contributed by atoms with Crippen molar-refractivity contribution in [2.75, 3.05) is 0 Å². The van der Waals surface area contributed by atoms with Crippen molar-refractivity contribution >= 4 is 17.0 Å². The molecule has 0 aliphatic heterocycles. The minimum Gasteiger partial charge on any atom is -0.457 e. The molecule has 4 nitrogen and oxygen atoms in total. The lowest BCUT2D eigenvalue weighted by atomic mass is 10.2. The molecule has 5 heteroatoms. The summed E-state index contributed by atoms with van der Waals surface area (Å²) in [6.07, 6.45) is 0.707. The van der Waals surface area contributed by atoms with Gasteiger partial charge >= 0.3 is 0 Å². The number of benzene rings is 2. The van der Waals surface area contributed by atoms with Crippen LogP contribution in [0.1, 0.15) is 10.4 Å². The summed E-state index contributed by atoms with van der Waals surface area (Å²) >= 11 is 0.